The number of nitrogens with zero attached hydrogens (tertiary/aromatic N) is 1. The van der Waals surface area contributed by atoms with E-state index < -0.39 is 10.0 Å². The van der Waals surface area contributed by atoms with Crippen LogP contribution in [-0.2, 0) is 14.8 Å². The van der Waals surface area contributed by atoms with Crippen LogP contribution in [0.15, 0.2) is 29.2 Å². The van der Waals surface area contributed by atoms with Crippen molar-refractivity contribution in [1.29, 1.82) is 0 Å². The zero-order valence-corrected chi connectivity index (χ0v) is 14.5. The van der Waals surface area contributed by atoms with Crippen molar-refractivity contribution < 1.29 is 13.2 Å². The molecule has 128 valence electrons. The molecule has 7 heteroatoms. The number of nitrogens with two attached hydrogens (primary N) is 1. The predicted molar refractivity (Wildman–Crippen MR) is 89.3 cm³/mol. The molecule has 1 aliphatic heterocycles. The van der Waals surface area contributed by atoms with Gasteiger partial charge in [0, 0.05) is 31.6 Å². The molecule has 1 aromatic carbocycles. The highest BCUT2D eigenvalue weighted by Crippen LogP contribution is 2.24. The van der Waals surface area contributed by atoms with E-state index in [4.69, 9.17) is 5.73 Å². The molecule has 6 nitrogen and oxygen atoms in total. The molecule has 0 aromatic heterocycles. The fourth-order valence-corrected chi connectivity index (χ4v) is 4.11. The predicted octanol–water partition coefficient (Wildman–Crippen LogP) is 0.859. The van der Waals surface area contributed by atoms with Crippen LogP contribution in [0.3, 0.4) is 0 Å². The number of amides is 1. The summed E-state index contributed by atoms with van der Waals surface area (Å²) in [6.07, 6.45) is 1.07. The second-order valence-corrected chi connectivity index (χ2v) is 8.07. The zero-order valence-electron chi connectivity index (χ0n) is 13.7. The largest absolute Gasteiger partial charge is 0.352 e. The summed E-state index contributed by atoms with van der Waals surface area (Å²) in [6, 6.07) is 6.79. The van der Waals surface area contributed by atoms with Gasteiger partial charge in [-0.25, -0.2) is 8.42 Å². The Kier molecular flexibility index (Phi) is 5.78. The maximum Gasteiger partial charge on any atom is 0.243 e. The van der Waals surface area contributed by atoms with E-state index in [1.165, 1.54) is 4.31 Å². The Hall–Kier alpha value is -1.44. The van der Waals surface area contributed by atoms with E-state index in [0.29, 0.717) is 37.4 Å². The van der Waals surface area contributed by atoms with Gasteiger partial charge in [0.25, 0.3) is 0 Å². The summed E-state index contributed by atoms with van der Waals surface area (Å²) in [7, 11) is -3.47. The fraction of sp³-hybridized carbons (Fsp3) is 0.562. The highest BCUT2D eigenvalue weighted by Gasteiger charge is 2.32. The lowest BCUT2D eigenvalue weighted by atomic mass is 9.97. The molecule has 0 saturated carbocycles. The summed E-state index contributed by atoms with van der Waals surface area (Å²) in [5, 5.41) is 2.86. The first-order valence-electron chi connectivity index (χ1n) is 7.92. The highest BCUT2D eigenvalue weighted by molar-refractivity contribution is 7.89. The van der Waals surface area contributed by atoms with Gasteiger partial charge in [-0.3, -0.25) is 4.79 Å². The Morgan fingerprint density at radius 3 is 2.39 bits per heavy atom. The number of carbonyl (C=O) groups is 1. The van der Waals surface area contributed by atoms with Crippen molar-refractivity contribution in [3.05, 3.63) is 29.8 Å². The van der Waals surface area contributed by atoms with Gasteiger partial charge in [0.2, 0.25) is 15.9 Å². The Bertz CT molecular complexity index is 635. The lowest BCUT2D eigenvalue weighted by molar-refractivity contribution is -0.126. The molecule has 0 spiro atoms. The third kappa shape index (κ3) is 4.31. The topological polar surface area (TPSA) is 92.5 Å². The van der Waals surface area contributed by atoms with E-state index in [2.05, 4.69) is 5.32 Å². The molecule has 1 aromatic rings. The van der Waals surface area contributed by atoms with E-state index in [9.17, 15) is 13.2 Å². The van der Waals surface area contributed by atoms with Gasteiger partial charge in [0.05, 0.1) is 4.90 Å². The minimum absolute atomic E-state index is 0.0321. The average molecular weight is 339 g/mol. The molecule has 2 rings (SSSR count). The maximum absolute atomic E-state index is 12.6. The van der Waals surface area contributed by atoms with Gasteiger partial charge < -0.3 is 11.1 Å². The van der Waals surface area contributed by atoms with Gasteiger partial charge >= 0.3 is 0 Å². The fourth-order valence-electron chi connectivity index (χ4n) is 2.64. The lowest BCUT2D eigenvalue weighted by Crippen LogP contribution is -2.46. The van der Waals surface area contributed by atoms with Crippen LogP contribution in [0.25, 0.3) is 0 Å². The van der Waals surface area contributed by atoms with Crippen LogP contribution in [0.4, 0.5) is 0 Å². The standard InChI is InChI=1S/C16H25N3O3S/c1-12-3-5-15(6-4-12)23(21,22)19-9-7-14(8-10-19)16(20)18-13(2)11-17/h3-6,13-14H,7-11,17H2,1-2H3,(H,18,20)/t13-/m0/s1. The van der Waals surface area contributed by atoms with E-state index in [0.717, 1.165) is 5.56 Å². The van der Waals surface area contributed by atoms with E-state index in [1.54, 1.807) is 24.3 Å². The quantitative estimate of drug-likeness (QED) is 0.832. The molecule has 1 aliphatic rings. The normalized spacial score (nSPS) is 18.6. The molecule has 1 saturated heterocycles. The van der Waals surface area contributed by atoms with Crippen molar-refractivity contribution in [2.24, 2.45) is 11.7 Å². The van der Waals surface area contributed by atoms with Crippen LogP contribution in [0, 0.1) is 12.8 Å². The SMILES string of the molecule is Cc1ccc(S(=O)(=O)N2CCC(C(=O)N[C@@H](C)CN)CC2)cc1. The molecule has 1 amide bonds. The van der Waals surface area contributed by atoms with Crippen LogP contribution >= 0.6 is 0 Å². The van der Waals surface area contributed by atoms with Crippen molar-refractivity contribution in [3.8, 4) is 0 Å². The first kappa shape index (κ1) is 17.9. The highest BCUT2D eigenvalue weighted by atomic mass is 32.2. The molecular formula is C16H25N3O3S. The molecule has 1 atom stereocenters. The second-order valence-electron chi connectivity index (χ2n) is 6.14. The monoisotopic (exact) mass is 339 g/mol. The molecule has 1 fully saturated rings. The van der Waals surface area contributed by atoms with Crippen LogP contribution in [0.2, 0.25) is 0 Å². The summed E-state index contributed by atoms with van der Waals surface area (Å²) < 4.78 is 26.7. The van der Waals surface area contributed by atoms with Crippen molar-refractivity contribution in [2.75, 3.05) is 19.6 Å². The number of nitrogens with one attached hydrogen (secondary N) is 1. The molecule has 0 aliphatic carbocycles. The Balaban J connectivity index is 1.98. The van der Waals surface area contributed by atoms with Gasteiger partial charge in [0.15, 0.2) is 0 Å². The van der Waals surface area contributed by atoms with Gasteiger partial charge in [-0.2, -0.15) is 4.31 Å². The smallest absolute Gasteiger partial charge is 0.243 e. The first-order chi connectivity index (χ1) is 10.8. The third-order valence-corrected chi connectivity index (χ3v) is 6.14. The summed E-state index contributed by atoms with van der Waals surface area (Å²) >= 11 is 0. The molecule has 23 heavy (non-hydrogen) atoms. The Morgan fingerprint density at radius 2 is 1.87 bits per heavy atom. The summed E-state index contributed by atoms with van der Waals surface area (Å²) in [6.45, 7) is 4.90. The minimum Gasteiger partial charge on any atom is -0.352 e. The molecule has 0 radical (unpaired) electrons. The van der Waals surface area contributed by atoms with E-state index in [1.807, 2.05) is 13.8 Å². The van der Waals surface area contributed by atoms with E-state index >= 15 is 0 Å². The van der Waals surface area contributed by atoms with Gasteiger partial charge in [-0.15, -0.1) is 0 Å². The molecule has 3 N–H and O–H groups in total. The molecule has 0 unspecified atom stereocenters. The number of benzene rings is 1. The number of piperidine rings is 1. The summed E-state index contributed by atoms with van der Waals surface area (Å²) in [5.41, 5.74) is 6.52. The van der Waals surface area contributed by atoms with Crippen molar-refractivity contribution >= 4 is 15.9 Å². The molecule has 1 heterocycles. The molecular weight excluding hydrogens is 314 g/mol. The van der Waals surface area contributed by atoms with Crippen LogP contribution < -0.4 is 11.1 Å². The van der Waals surface area contributed by atoms with Crippen LogP contribution in [0.5, 0.6) is 0 Å². The van der Waals surface area contributed by atoms with Crippen LogP contribution in [-0.4, -0.2) is 44.3 Å². The number of sulfonamides is 1. The van der Waals surface area contributed by atoms with Gasteiger partial charge in [-0.1, -0.05) is 17.7 Å². The third-order valence-electron chi connectivity index (χ3n) is 4.23. The average Bonchev–Trinajstić information content (AvgIpc) is 2.55. The zero-order chi connectivity index (χ0) is 17.0. The number of hydrogen-bond acceptors (Lipinski definition) is 4. The maximum atomic E-state index is 12.6. The van der Waals surface area contributed by atoms with Crippen LogP contribution in [0.1, 0.15) is 25.3 Å². The second kappa shape index (κ2) is 7.42. The number of carbonyl (C=O) groups excluding carboxylic acids is 1. The van der Waals surface area contributed by atoms with Gasteiger partial charge in [-0.05, 0) is 38.8 Å². The summed E-state index contributed by atoms with van der Waals surface area (Å²) in [5.74, 6) is -0.177. The number of aryl methyl sites for hydroxylation is 1. The summed E-state index contributed by atoms with van der Waals surface area (Å²) in [4.78, 5) is 12.4. The van der Waals surface area contributed by atoms with Crippen molar-refractivity contribution in [2.45, 2.75) is 37.6 Å². The minimum atomic E-state index is -3.47. The molecule has 0 bridgehead atoms. The first-order valence-corrected chi connectivity index (χ1v) is 9.36. The van der Waals surface area contributed by atoms with E-state index in [-0.39, 0.29) is 17.9 Å². The van der Waals surface area contributed by atoms with Crippen molar-refractivity contribution in [3.63, 3.8) is 0 Å². The number of rotatable bonds is 5. The lowest BCUT2D eigenvalue weighted by Gasteiger charge is -2.31. The number of hydrogen-bond donors (Lipinski definition) is 2. The Morgan fingerprint density at radius 1 is 1.30 bits per heavy atom. The van der Waals surface area contributed by atoms with Gasteiger partial charge in [0.1, 0.15) is 0 Å². The van der Waals surface area contributed by atoms with Crippen molar-refractivity contribution in [1.82, 2.24) is 9.62 Å². The Labute approximate surface area is 138 Å².